The first-order chi connectivity index (χ1) is 8.30. The van der Waals surface area contributed by atoms with E-state index in [1.165, 1.54) is 11.3 Å². The van der Waals surface area contributed by atoms with Crippen LogP contribution in [-0.2, 0) is 6.42 Å². The summed E-state index contributed by atoms with van der Waals surface area (Å²) in [5.41, 5.74) is 2.49. The van der Waals surface area contributed by atoms with Crippen molar-refractivity contribution in [2.24, 2.45) is 0 Å². The number of benzene rings is 1. The molecule has 0 bridgehead atoms. The quantitative estimate of drug-likeness (QED) is 0.717. The predicted molar refractivity (Wildman–Crippen MR) is 77.1 cm³/mol. The topological polar surface area (TPSA) is 15.3 Å². The maximum absolute atomic E-state index is 5.71. The van der Waals surface area contributed by atoms with Gasteiger partial charge in [0, 0.05) is 24.7 Å². The van der Waals surface area contributed by atoms with Crippen LogP contribution in [0, 0.1) is 0 Å². The van der Waals surface area contributed by atoms with Crippen LogP contribution in [0.25, 0.3) is 0 Å². The minimum absolute atomic E-state index is 0.689. The van der Waals surface area contributed by atoms with Crippen molar-refractivity contribution >= 4 is 17.3 Å². The van der Waals surface area contributed by atoms with Gasteiger partial charge in [0.05, 0.1) is 0 Å². The Morgan fingerprint density at radius 1 is 1.12 bits per heavy atom. The lowest BCUT2D eigenvalue weighted by Crippen LogP contribution is -2.28. The van der Waals surface area contributed by atoms with Crippen molar-refractivity contribution in [2.45, 2.75) is 20.3 Å². The van der Waals surface area contributed by atoms with Crippen molar-refractivity contribution in [3.8, 4) is 0 Å². The highest BCUT2D eigenvalue weighted by atomic mass is 35.5. The molecule has 0 radical (unpaired) electrons. The minimum atomic E-state index is 0.689. The van der Waals surface area contributed by atoms with Crippen molar-refractivity contribution < 1.29 is 0 Å². The largest absolute Gasteiger partial charge is 0.384 e. The summed E-state index contributed by atoms with van der Waals surface area (Å²) >= 11 is 5.71. The van der Waals surface area contributed by atoms with Gasteiger partial charge in [-0.15, -0.1) is 11.6 Å². The molecule has 1 aromatic carbocycles. The van der Waals surface area contributed by atoms with Crippen LogP contribution in [0.15, 0.2) is 24.3 Å². The molecule has 0 amide bonds. The molecule has 1 N–H and O–H groups in total. The van der Waals surface area contributed by atoms with Gasteiger partial charge < -0.3 is 10.2 Å². The van der Waals surface area contributed by atoms with Gasteiger partial charge in [0.2, 0.25) is 0 Å². The third-order valence-electron chi connectivity index (χ3n) is 2.99. The van der Waals surface area contributed by atoms with Crippen LogP contribution in [0.1, 0.15) is 19.4 Å². The number of halogens is 1. The second-order valence-corrected chi connectivity index (χ2v) is 4.47. The SMILES string of the molecule is CCN(CC)CCNc1ccc(CCCl)cc1. The molecule has 1 aromatic rings. The number of nitrogens with one attached hydrogen (secondary N) is 1. The second-order valence-electron chi connectivity index (χ2n) is 4.09. The predicted octanol–water partition coefficient (Wildman–Crippen LogP) is 3.22. The fourth-order valence-electron chi connectivity index (χ4n) is 1.80. The van der Waals surface area contributed by atoms with Crippen molar-refractivity contribution in [1.82, 2.24) is 4.90 Å². The van der Waals surface area contributed by atoms with Crippen molar-refractivity contribution in [3.63, 3.8) is 0 Å². The molecule has 0 aliphatic rings. The van der Waals surface area contributed by atoms with Crippen LogP contribution in [0.2, 0.25) is 0 Å². The lowest BCUT2D eigenvalue weighted by atomic mass is 10.1. The van der Waals surface area contributed by atoms with Crippen molar-refractivity contribution in [1.29, 1.82) is 0 Å². The molecule has 0 fully saturated rings. The fraction of sp³-hybridized carbons (Fsp3) is 0.571. The second kappa shape index (κ2) is 8.37. The van der Waals surface area contributed by atoms with Crippen LogP contribution in [0.5, 0.6) is 0 Å². The van der Waals surface area contributed by atoms with Gasteiger partial charge in [0.15, 0.2) is 0 Å². The molecule has 96 valence electrons. The molecule has 0 aliphatic heterocycles. The zero-order chi connectivity index (χ0) is 12.5. The molecule has 0 saturated heterocycles. The fourth-order valence-corrected chi connectivity index (χ4v) is 2.01. The summed E-state index contributed by atoms with van der Waals surface area (Å²) in [6.45, 7) is 8.72. The highest BCUT2D eigenvalue weighted by Gasteiger charge is 1.98. The van der Waals surface area contributed by atoms with Gasteiger partial charge in [-0.1, -0.05) is 26.0 Å². The van der Waals surface area contributed by atoms with E-state index in [0.717, 1.165) is 32.6 Å². The van der Waals surface area contributed by atoms with Gasteiger partial charge in [-0.05, 0) is 37.2 Å². The average molecular weight is 255 g/mol. The molecule has 0 unspecified atom stereocenters. The summed E-state index contributed by atoms with van der Waals surface area (Å²) in [6.07, 6.45) is 0.946. The Labute approximate surface area is 110 Å². The summed E-state index contributed by atoms with van der Waals surface area (Å²) in [5.74, 6) is 0.689. The molecule has 0 atom stereocenters. The molecule has 0 aromatic heterocycles. The van der Waals surface area contributed by atoms with Gasteiger partial charge in [-0.25, -0.2) is 0 Å². The van der Waals surface area contributed by atoms with E-state index in [1.807, 2.05) is 0 Å². The zero-order valence-electron chi connectivity index (χ0n) is 10.9. The van der Waals surface area contributed by atoms with Crippen LogP contribution in [0.3, 0.4) is 0 Å². The third-order valence-corrected chi connectivity index (χ3v) is 3.18. The van der Waals surface area contributed by atoms with Crippen LogP contribution in [0.4, 0.5) is 5.69 Å². The van der Waals surface area contributed by atoms with E-state index in [4.69, 9.17) is 11.6 Å². The highest BCUT2D eigenvalue weighted by molar-refractivity contribution is 6.17. The van der Waals surface area contributed by atoms with E-state index < -0.39 is 0 Å². The smallest absolute Gasteiger partial charge is 0.0340 e. The number of alkyl halides is 1. The van der Waals surface area contributed by atoms with E-state index in [1.54, 1.807) is 0 Å². The zero-order valence-corrected chi connectivity index (χ0v) is 11.6. The average Bonchev–Trinajstić information content (AvgIpc) is 2.37. The summed E-state index contributed by atoms with van der Waals surface area (Å²) in [7, 11) is 0. The first-order valence-corrected chi connectivity index (χ1v) is 6.94. The van der Waals surface area contributed by atoms with Crippen molar-refractivity contribution in [2.75, 3.05) is 37.4 Å². The molecular weight excluding hydrogens is 232 g/mol. The Hall–Kier alpha value is -0.730. The monoisotopic (exact) mass is 254 g/mol. The summed E-state index contributed by atoms with van der Waals surface area (Å²) in [6, 6.07) is 8.54. The van der Waals surface area contributed by atoms with Gasteiger partial charge in [-0.3, -0.25) is 0 Å². The molecule has 0 heterocycles. The molecule has 0 aliphatic carbocycles. The lowest BCUT2D eigenvalue weighted by molar-refractivity contribution is 0.316. The number of likely N-dealkylation sites (N-methyl/N-ethyl adjacent to an activating group) is 1. The van der Waals surface area contributed by atoms with E-state index in [9.17, 15) is 0 Å². The molecule has 1 rings (SSSR count). The standard InChI is InChI=1S/C14H23ClN2/c1-3-17(4-2)12-11-16-14-7-5-13(6-8-14)9-10-15/h5-8,16H,3-4,9-12H2,1-2H3. The Bertz CT molecular complexity index is 294. The normalized spacial score (nSPS) is 10.8. The van der Waals surface area contributed by atoms with Crippen molar-refractivity contribution in [3.05, 3.63) is 29.8 Å². The van der Waals surface area contributed by atoms with E-state index in [0.29, 0.717) is 5.88 Å². The van der Waals surface area contributed by atoms with Gasteiger partial charge in [0.25, 0.3) is 0 Å². The summed E-state index contributed by atoms with van der Waals surface area (Å²) in [4.78, 5) is 2.41. The van der Waals surface area contributed by atoms with Gasteiger partial charge in [0.1, 0.15) is 0 Å². The highest BCUT2D eigenvalue weighted by Crippen LogP contribution is 2.10. The van der Waals surface area contributed by atoms with Crippen LogP contribution < -0.4 is 5.32 Å². The van der Waals surface area contributed by atoms with Gasteiger partial charge in [-0.2, -0.15) is 0 Å². The Morgan fingerprint density at radius 2 is 1.76 bits per heavy atom. The Balaban J connectivity index is 2.31. The lowest BCUT2D eigenvalue weighted by Gasteiger charge is -2.18. The van der Waals surface area contributed by atoms with E-state index in [-0.39, 0.29) is 0 Å². The summed E-state index contributed by atoms with van der Waals surface area (Å²) < 4.78 is 0. The van der Waals surface area contributed by atoms with E-state index >= 15 is 0 Å². The van der Waals surface area contributed by atoms with Crippen LogP contribution in [-0.4, -0.2) is 37.0 Å². The number of nitrogens with zero attached hydrogens (tertiary/aromatic N) is 1. The number of rotatable bonds is 8. The molecule has 3 heteroatoms. The first kappa shape index (κ1) is 14.3. The number of anilines is 1. The Morgan fingerprint density at radius 3 is 2.29 bits per heavy atom. The maximum atomic E-state index is 5.71. The minimum Gasteiger partial charge on any atom is -0.384 e. The van der Waals surface area contributed by atoms with Crippen LogP contribution >= 0.6 is 11.6 Å². The number of hydrogen-bond acceptors (Lipinski definition) is 2. The summed E-state index contributed by atoms with van der Waals surface area (Å²) in [5, 5.41) is 3.44. The number of aryl methyl sites for hydroxylation is 1. The first-order valence-electron chi connectivity index (χ1n) is 6.41. The number of hydrogen-bond donors (Lipinski definition) is 1. The molecule has 0 spiro atoms. The third kappa shape index (κ3) is 5.42. The van der Waals surface area contributed by atoms with Gasteiger partial charge >= 0.3 is 0 Å². The molecule has 2 nitrogen and oxygen atoms in total. The Kier molecular flexibility index (Phi) is 7.06. The molecule has 17 heavy (non-hydrogen) atoms. The maximum Gasteiger partial charge on any atom is 0.0340 e. The molecule has 0 saturated carbocycles. The van der Waals surface area contributed by atoms with E-state index in [2.05, 4.69) is 48.3 Å². The molecular formula is C14H23ClN2.